The quantitative estimate of drug-likeness (QED) is 0.610. The highest BCUT2D eigenvalue weighted by Gasteiger charge is 2.48. The Hall–Kier alpha value is -2.26. The predicted molar refractivity (Wildman–Crippen MR) is 85.5 cm³/mol. The monoisotopic (exact) mass is 351 g/mol. The number of fused-ring (bicyclic) bond motifs is 1. The van der Waals surface area contributed by atoms with Crippen molar-refractivity contribution in [2.75, 3.05) is 26.0 Å². The third-order valence-corrected chi connectivity index (χ3v) is 5.04. The van der Waals surface area contributed by atoms with Crippen molar-refractivity contribution >= 4 is 40.0 Å². The van der Waals surface area contributed by atoms with Crippen LogP contribution < -0.4 is 5.73 Å². The Balaban J connectivity index is 1.82. The maximum absolute atomic E-state index is 12.7. The van der Waals surface area contributed by atoms with Crippen LogP contribution in [-0.2, 0) is 14.3 Å². The average molecular weight is 351 g/mol. The van der Waals surface area contributed by atoms with Gasteiger partial charge in [-0.2, -0.15) is 0 Å². The van der Waals surface area contributed by atoms with Crippen LogP contribution >= 0.6 is 11.3 Å². The molecule has 0 aromatic carbocycles. The molecule has 3 rings (SSSR count). The zero-order valence-corrected chi connectivity index (χ0v) is 13.9. The first-order chi connectivity index (χ1) is 11.5. The van der Waals surface area contributed by atoms with Crippen LogP contribution in [0.4, 0.5) is 5.00 Å². The van der Waals surface area contributed by atoms with Gasteiger partial charge in [-0.25, -0.2) is 0 Å². The van der Waals surface area contributed by atoms with Crippen molar-refractivity contribution < 1.29 is 23.9 Å². The Kier molecular flexibility index (Phi) is 4.37. The van der Waals surface area contributed by atoms with Crippen molar-refractivity contribution in [3.63, 3.8) is 0 Å². The number of hydrogen-bond acceptors (Lipinski definition) is 7. The maximum Gasteiger partial charge on any atom is 0.265 e. The molecular formula is C15H17N3O5S. The number of nitrogens with zero attached hydrogens (tertiary/aromatic N) is 2. The summed E-state index contributed by atoms with van der Waals surface area (Å²) in [6.45, 7) is 0.623. The normalized spacial score (nSPS) is 21.0. The van der Waals surface area contributed by atoms with Crippen molar-refractivity contribution in [3.05, 3.63) is 16.5 Å². The lowest BCUT2D eigenvalue weighted by atomic mass is 10.0. The lowest BCUT2D eigenvalue weighted by molar-refractivity contribution is -0.151. The summed E-state index contributed by atoms with van der Waals surface area (Å²) < 4.78 is 4.93. The lowest BCUT2D eigenvalue weighted by Crippen LogP contribution is -2.56. The molecular weight excluding hydrogens is 334 g/mol. The molecule has 0 radical (unpaired) electrons. The van der Waals surface area contributed by atoms with Crippen molar-refractivity contribution in [2.45, 2.75) is 25.3 Å². The number of nitrogen functional groups attached to an aromatic ring is 1. The largest absolute Gasteiger partial charge is 0.390 e. The summed E-state index contributed by atoms with van der Waals surface area (Å²) in [5, 5.41) is 1.79. The Labute approximate surface area is 142 Å². The number of anilines is 1. The van der Waals surface area contributed by atoms with Crippen molar-refractivity contribution in [2.24, 2.45) is 0 Å². The molecule has 1 saturated heterocycles. The molecule has 4 amide bonds. The number of rotatable bonds is 5. The third kappa shape index (κ3) is 2.49. The fraction of sp³-hybridized carbons (Fsp3) is 0.467. The lowest BCUT2D eigenvalue weighted by Gasteiger charge is -2.34. The molecule has 2 aliphatic rings. The van der Waals surface area contributed by atoms with E-state index in [4.69, 9.17) is 10.5 Å². The first-order valence-electron chi connectivity index (χ1n) is 7.55. The molecule has 2 N–H and O–H groups in total. The number of likely N-dealkylation sites (tertiary alicyclic amines) is 1. The first kappa shape index (κ1) is 16.6. The van der Waals surface area contributed by atoms with Gasteiger partial charge in [0.15, 0.2) is 0 Å². The number of nitrogens with two attached hydrogens (primary N) is 1. The van der Waals surface area contributed by atoms with Gasteiger partial charge in [-0.1, -0.05) is 0 Å². The topological polar surface area (TPSA) is 110 Å². The second kappa shape index (κ2) is 6.33. The SMILES string of the molecule is COCCCN1C(=O)CCC(N2C(=O)c3csc(N)c3C2=O)C1=O. The van der Waals surface area contributed by atoms with Gasteiger partial charge in [0.2, 0.25) is 5.91 Å². The molecule has 0 saturated carbocycles. The Morgan fingerprint density at radius 3 is 2.71 bits per heavy atom. The van der Waals surface area contributed by atoms with Gasteiger partial charge in [-0.05, 0) is 12.8 Å². The average Bonchev–Trinajstić information content (AvgIpc) is 3.04. The zero-order valence-electron chi connectivity index (χ0n) is 13.1. The number of ether oxygens (including phenoxy) is 1. The molecule has 9 heteroatoms. The number of amides is 4. The molecule has 8 nitrogen and oxygen atoms in total. The zero-order chi connectivity index (χ0) is 17.4. The summed E-state index contributed by atoms with van der Waals surface area (Å²) in [5.74, 6) is -1.89. The highest BCUT2D eigenvalue weighted by atomic mass is 32.1. The standard InChI is InChI=1S/C15H17N3O5S/c1-23-6-2-5-17-10(19)4-3-9(14(17)21)18-13(20)8-7-24-12(16)11(8)15(18)22/h7,9H,2-6,16H2,1H3. The maximum atomic E-state index is 12.7. The van der Waals surface area contributed by atoms with E-state index in [9.17, 15) is 19.2 Å². The van der Waals surface area contributed by atoms with E-state index in [1.54, 1.807) is 0 Å². The minimum absolute atomic E-state index is 0.114. The van der Waals surface area contributed by atoms with Crippen LogP contribution in [0.25, 0.3) is 0 Å². The summed E-state index contributed by atoms with van der Waals surface area (Å²) in [5.41, 5.74) is 6.16. The van der Waals surface area contributed by atoms with E-state index in [1.165, 1.54) is 12.5 Å². The summed E-state index contributed by atoms with van der Waals surface area (Å²) in [4.78, 5) is 51.8. The number of piperidine rings is 1. The van der Waals surface area contributed by atoms with Crippen molar-refractivity contribution in [1.82, 2.24) is 9.80 Å². The second-order valence-electron chi connectivity index (χ2n) is 5.65. The van der Waals surface area contributed by atoms with Gasteiger partial charge in [-0.3, -0.25) is 29.0 Å². The summed E-state index contributed by atoms with van der Waals surface area (Å²) in [6.07, 6.45) is 0.759. The Morgan fingerprint density at radius 2 is 2.04 bits per heavy atom. The van der Waals surface area contributed by atoms with Crippen LogP contribution in [-0.4, -0.2) is 59.7 Å². The van der Waals surface area contributed by atoms with Gasteiger partial charge < -0.3 is 10.5 Å². The summed E-state index contributed by atoms with van der Waals surface area (Å²) in [7, 11) is 1.53. The Bertz CT molecular complexity index is 729. The van der Waals surface area contributed by atoms with E-state index < -0.39 is 23.8 Å². The molecule has 0 spiro atoms. The Morgan fingerprint density at radius 1 is 1.29 bits per heavy atom. The van der Waals surface area contributed by atoms with E-state index in [2.05, 4.69) is 0 Å². The smallest absolute Gasteiger partial charge is 0.265 e. The van der Waals surface area contributed by atoms with Gasteiger partial charge in [0.25, 0.3) is 17.7 Å². The number of carbonyl (C=O) groups is 4. The fourth-order valence-corrected chi connectivity index (χ4v) is 3.82. The molecule has 128 valence electrons. The number of carbonyl (C=O) groups excluding carboxylic acids is 4. The van der Waals surface area contributed by atoms with E-state index in [0.29, 0.717) is 13.0 Å². The van der Waals surface area contributed by atoms with Gasteiger partial charge in [0, 0.05) is 32.1 Å². The number of thiophene rings is 1. The molecule has 0 aliphatic carbocycles. The molecule has 1 fully saturated rings. The molecule has 24 heavy (non-hydrogen) atoms. The number of hydrogen-bond donors (Lipinski definition) is 1. The van der Waals surface area contributed by atoms with E-state index in [-0.39, 0.29) is 41.4 Å². The molecule has 1 unspecified atom stereocenters. The molecule has 1 aromatic heterocycles. The van der Waals surface area contributed by atoms with Gasteiger partial charge in [0.1, 0.15) is 6.04 Å². The molecule has 1 atom stereocenters. The van der Waals surface area contributed by atoms with E-state index in [0.717, 1.165) is 21.1 Å². The van der Waals surface area contributed by atoms with Crippen LogP contribution in [0.2, 0.25) is 0 Å². The highest BCUT2D eigenvalue weighted by molar-refractivity contribution is 7.14. The van der Waals surface area contributed by atoms with Crippen LogP contribution in [0.15, 0.2) is 5.38 Å². The van der Waals surface area contributed by atoms with Crippen molar-refractivity contribution in [3.8, 4) is 0 Å². The van der Waals surface area contributed by atoms with Crippen LogP contribution in [0, 0.1) is 0 Å². The van der Waals surface area contributed by atoms with Crippen molar-refractivity contribution in [1.29, 1.82) is 0 Å². The fourth-order valence-electron chi connectivity index (χ4n) is 3.04. The predicted octanol–water partition coefficient (Wildman–Crippen LogP) is 0.480. The van der Waals surface area contributed by atoms with Gasteiger partial charge in [0.05, 0.1) is 16.1 Å². The van der Waals surface area contributed by atoms with Crippen LogP contribution in [0.5, 0.6) is 0 Å². The highest BCUT2D eigenvalue weighted by Crippen LogP contribution is 2.35. The van der Waals surface area contributed by atoms with Crippen LogP contribution in [0.1, 0.15) is 40.0 Å². The third-order valence-electron chi connectivity index (χ3n) is 4.23. The summed E-state index contributed by atoms with van der Waals surface area (Å²) in [6, 6.07) is -0.956. The molecule has 1 aromatic rings. The second-order valence-corrected chi connectivity index (χ2v) is 6.56. The minimum atomic E-state index is -0.956. The summed E-state index contributed by atoms with van der Waals surface area (Å²) >= 11 is 1.12. The van der Waals surface area contributed by atoms with Crippen LogP contribution in [0.3, 0.4) is 0 Å². The first-order valence-corrected chi connectivity index (χ1v) is 8.43. The van der Waals surface area contributed by atoms with Gasteiger partial charge in [-0.15, -0.1) is 11.3 Å². The minimum Gasteiger partial charge on any atom is -0.390 e. The van der Waals surface area contributed by atoms with E-state index >= 15 is 0 Å². The molecule has 3 heterocycles. The van der Waals surface area contributed by atoms with E-state index in [1.807, 2.05) is 0 Å². The number of imide groups is 2. The molecule has 0 bridgehead atoms. The number of methoxy groups -OCH3 is 1. The molecule has 2 aliphatic heterocycles. The van der Waals surface area contributed by atoms with Gasteiger partial charge >= 0.3 is 0 Å².